The highest BCUT2D eigenvalue weighted by atomic mass is 16.5. The van der Waals surface area contributed by atoms with Crippen LogP contribution in [0.4, 0.5) is 0 Å². The van der Waals surface area contributed by atoms with Crippen molar-refractivity contribution in [1.82, 2.24) is 10.2 Å². The second-order valence-electron chi connectivity index (χ2n) is 8.57. The van der Waals surface area contributed by atoms with Crippen molar-refractivity contribution in [1.29, 1.82) is 0 Å². The molecular formula is C25H32N2O5. The normalized spacial score (nSPS) is 25.5. The lowest BCUT2D eigenvalue weighted by Crippen LogP contribution is -2.53. The van der Waals surface area contributed by atoms with E-state index in [1.54, 1.807) is 13.0 Å². The predicted molar refractivity (Wildman–Crippen MR) is 120 cm³/mol. The van der Waals surface area contributed by atoms with Gasteiger partial charge < -0.3 is 15.0 Å². The number of fused-ring (bicyclic) bond motifs is 1. The first-order valence-electron chi connectivity index (χ1n) is 11.4. The molecule has 0 aliphatic carbocycles. The summed E-state index contributed by atoms with van der Waals surface area (Å²) in [5.74, 6) is -1.51. The molecule has 1 N–H and O–H groups in total. The van der Waals surface area contributed by atoms with E-state index in [2.05, 4.69) is 5.32 Å². The van der Waals surface area contributed by atoms with E-state index in [1.807, 2.05) is 37.3 Å². The summed E-state index contributed by atoms with van der Waals surface area (Å²) in [6, 6.07) is 7.88. The van der Waals surface area contributed by atoms with E-state index in [4.69, 9.17) is 4.74 Å². The van der Waals surface area contributed by atoms with Crippen molar-refractivity contribution in [2.75, 3.05) is 6.54 Å². The van der Waals surface area contributed by atoms with E-state index >= 15 is 0 Å². The van der Waals surface area contributed by atoms with Gasteiger partial charge in [0, 0.05) is 19.4 Å². The molecule has 7 nitrogen and oxygen atoms in total. The van der Waals surface area contributed by atoms with Gasteiger partial charge in [0.15, 0.2) is 5.78 Å². The number of hydrogen-bond donors (Lipinski definition) is 1. The molecule has 1 aromatic carbocycles. The Labute approximate surface area is 189 Å². The largest absolute Gasteiger partial charge is 0.461 e. The van der Waals surface area contributed by atoms with E-state index in [0.29, 0.717) is 37.8 Å². The van der Waals surface area contributed by atoms with Crippen molar-refractivity contribution in [3.8, 4) is 0 Å². The van der Waals surface area contributed by atoms with E-state index in [0.717, 1.165) is 12.0 Å². The van der Waals surface area contributed by atoms with Crippen LogP contribution in [-0.4, -0.2) is 53.2 Å². The zero-order valence-electron chi connectivity index (χ0n) is 18.8. The number of esters is 1. The number of benzene rings is 1. The van der Waals surface area contributed by atoms with Crippen LogP contribution in [0.3, 0.4) is 0 Å². The van der Waals surface area contributed by atoms with Gasteiger partial charge >= 0.3 is 5.97 Å². The molecule has 2 amide bonds. The number of rotatable bonds is 4. The maximum atomic E-state index is 13.5. The van der Waals surface area contributed by atoms with Gasteiger partial charge in [-0.25, -0.2) is 4.79 Å². The minimum atomic E-state index is -0.857. The lowest BCUT2D eigenvalue weighted by Gasteiger charge is -2.29. The standard InChI is InChI=1S/C25H32N2O5/c1-3-8-19-13-12-17(2)22(28)16-23(29)26-20(15-18-9-5-4-6-10-18)24(30)27-14-7-11-21(27)25(31)32-19/h4-6,9-10,12,19-21H,3,7-8,11,13-16H2,1-2H3,(H,26,29). The van der Waals surface area contributed by atoms with E-state index in [-0.39, 0.29) is 30.6 Å². The van der Waals surface area contributed by atoms with Crippen molar-refractivity contribution in [2.45, 2.75) is 77.0 Å². The Kier molecular flexibility index (Phi) is 8.20. The van der Waals surface area contributed by atoms with Gasteiger partial charge in [0.1, 0.15) is 18.2 Å². The number of ketones is 1. The molecule has 2 heterocycles. The molecular weight excluding hydrogens is 408 g/mol. The maximum Gasteiger partial charge on any atom is 0.329 e. The van der Waals surface area contributed by atoms with Crippen LogP contribution < -0.4 is 5.32 Å². The van der Waals surface area contributed by atoms with Crippen LogP contribution in [-0.2, 0) is 30.3 Å². The smallest absolute Gasteiger partial charge is 0.329 e. The number of carbonyl (C=O) groups is 4. The molecule has 32 heavy (non-hydrogen) atoms. The third-order valence-electron chi connectivity index (χ3n) is 6.07. The van der Waals surface area contributed by atoms with Gasteiger partial charge in [-0.15, -0.1) is 0 Å². The fourth-order valence-corrected chi connectivity index (χ4v) is 4.27. The number of carbonyl (C=O) groups excluding carboxylic acids is 4. The van der Waals surface area contributed by atoms with Crippen molar-refractivity contribution in [3.05, 3.63) is 47.5 Å². The van der Waals surface area contributed by atoms with Crippen LogP contribution >= 0.6 is 0 Å². The Morgan fingerprint density at radius 2 is 1.88 bits per heavy atom. The minimum Gasteiger partial charge on any atom is -0.461 e. The molecule has 0 saturated carbocycles. The molecule has 7 heteroatoms. The summed E-state index contributed by atoms with van der Waals surface area (Å²) in [5, 5.41) is 2.75. The highest BCUT2D eigenvalue weighted by Gasteiger charge is 2.39. The Bertz CT molecular complexity index is 880. The summed E-state index contributed by atoms with van der Waals surface area (Å²) in [4.78, 5) is 53.1. The number of nitrogens with one attached hydrogen (secondary N) is 1. The first-order valence-corrected chi connectivity index (χ1v) is 11.4. The van der Waals surface area contributed by atoms with Crippen LogP contribution in [0.5, 0.6) is 0 Å². The van der Waals surface area contributed by atoms with Crippen LogP contribution in [0.15, 0.2) is 42.0 Å². The Balaban J connectivity index is 1.91. The molecule has 0 bridgehead atoms. The zero-order chi connectivity index (χ0) is 23.1. The average Bonchev–Trinajstić information content (AvgIpc) is 3.26. The van der Waals surface area contributed by atoms with E-state index in [9.17, 15) is 19.2 Å². The van der Waals surface area contributed by atoms with Gasteiger partial charge in [0.25, 0.3) is 0 Å². The molecule has 0 radical (unpaired) electrons. The molecule has 0 aromatic heterocycles. The SMILES string of the molecule is CCCC1CC=C(C)C(=O)CC(=O)NC(Cc2ccccc2)C(=O)N2CCCC2C(=O)O1. The summed E-state index contributed by atoms with van der Waals surface area (Å²) < 4.78 is 5.78. The Morgan fingerprint density at radius 1 is 1.12 bits per heavy atom. The topological polar surface area (TPSA) is 92.8 Å². The molecule has 1 saturated heterocycles. The first-order chi connectivity index (χ1) is 15.4. The quantitative estimate of drug-likeness (QED) is 0.574. The molecule has 3 atom stereocenters. The third-order valence-corrected chi connectivity index (χ3v) is 6.07. The number of Topliss-reactive ketones (excluding diaryl/α,β-unsaturated/α-hetero) is 1. The van der Waals surface area contributed by atoms with Gasteiger partial charge in [-0.05, 0) is 37.3 Å². The highest BCUT2D eigenvalue weighted by molar-refractivity contribution is 6.07. The van der Waals surface area contributed by atoms with Gasteiger partial charge in [0.2, 0.25) is 11.8 Å². The van der Waals surface area contributed by atoms with Crippen LogP contribution in [0.25, 0.3) is 0 Å². The molecule has 3 rings (SSSR count). The van der Waals surface area contributed by atoms with Crippen LogP contribution in [0, 0.1) is 0 Å². The molecule has 2 aliphatic heterocycles. The van der Waals surface area contributed by atoms with E-state index < -0.39 is 24.0 Å². The monoisotopic (exact) mass is 440 g/mol. The molecule has 2 aliphatic rings. The summed E-state index contributed by atoms with van der Waals surface area (Å²) >= 11 is 0. The summed E-state index contributed by atoms with van der Waals surface area (Å²) in [6.45, 7) is 4.11. The minimum absolute atomic E-state index is 0.283. The number of cyclic esters (lactones) is 1. The first kappa shape index (κ1) is 23.7. The second-order valence-corrected chi connectivity index (χ2v) is 8.57. The highest BCUT2D eigenvalue weighted by Crippen LogP contribution is 2.23. The number of allylic oxidation sites excluding steroid dienone is 1. The van der Waals surface area contributed by atoms with Gasteiger partial charge in [-0.1, -0.05) is 49.8 Å². The second kappa shape index (κ2) is 11.1. The molecule has 172 valence electrons. The van der Waals surface area contributed by atoms with Crippen LogP contribution in [0.2, 0.25) is 0 Å². The number of hydrogen-bond acceptors (Lipinski definition) is 5. The molecule has 0 spiro atoms. The van der Waals surface area contributed by atoms with Crippen molar-refractivity contribution in [2.24, 2.45) is 0 Å². The zero-order valence-corrected chi connectivity index (χ0v) is 18.8. The Morgan fingerprint density at radius 3 is 2.59 bits per heavy atom. The fourth-order valence-electron chi connectivity index (χ4n) is 4.27. The van der Waals surface area contributed by atoms with E-state index in [1.165, 1.54) is 4.90 Å². The summed E-state index contributed by atoms with van der Waals surface area (Å²) in [7, 11) is 0. The number of ether oxygens (including phenoxy) is 1. The average molecular weight is 441 g/mol. The summed E-state index contributed by atoms with van der Waals surface area (Å²) in [6.07, 6.45) is 4.51. The van der Waals surface area contributed by atoms with Crippen molar-refractivity contribution in [3.63, 3.8) is 0 Å². The number of amides is 2. The molecule has 1 fully saturated rings. The van der Waals surface area contributed by atoms with Crippen molar-refractivity contribution >= 4 is 23.6 Å². The van der Waals surface area contributed by atoms with Crippen molar-refractivity contribution < 1.29 is 23.9 Å². The van der Waals surface area contributed by atoms with Gasteiger partial charge in [-0.2, -0.15) is 0 Å². The Hall–Kier alpha value is -2.96. The van der Waals surface area contributed by atoms with Gasteiger partial charge in [-0.3, -0.25) is 14.4 Å². The molecule has 3 unspecified atom stereocenters. The predicted octanol–water partition coefficient (Wildman–Crippen LogP) is 2.73. The van der Waals surface area contributed by atoms with Gasteiger partial charge in [0.05, 0.1) is 6.42 Å². The lowest BCUT2D eigenvalue weighted by molar-refractivity contribution is -0.158. The maximum absolute atomic E-state index is 13.5. The summed E-state index contributed by atoms with van der Waals surface area (Å²) in [5.41, 5.74) is 1.35. The fraction of sp³-hybridized carbons (Fsp3) is 0.520. The third kappa shape index (κ3) is 6.05. The number of nitrogens with zero attached hydrogens (tertiary/aromatic N) is 1. The lowest BCUT2D eigenvalue weighted by atomic mass is 10.0. The van der Waals surface area contributed by atoms with Crippen LogP contribution in [0.1, 0.15) is 57.9 Å². The molecule has 1 aromatic rings.